The Morgan fingerprint density at radius 3 is 1.83 bits per heavy atom. The van der Waals surface area contributed by atoms with E-state index in [4.69, 9.17) is 4.74 Å². The van der Waals surface area contributed by atoms with Crippen molar-refractivity contribution in [1.29, 1.82) is 0 Å². The molecule has 1 aliphatic rings. The van der Waals surface area contributed by atoms with Gasteiger partial charge in [-0.15, -0.1) is 0 Å². The van der Waals surface area contributed by atoms with Crippen molar-refractivity contribution in [2.24, 2.45) is 11.8 Å². The Balaban J connectivity index is 1.85. The molecule has 0 aromatic heterocycles. The minimum atomic E-state index is -4.89. The quantitative estimate of drug-likeness (QED) is 0.297. The normalized spacial score (nSPS) is 15.7. The van der Waals surface area contributed by atoms with Gasteiger partial charge in [-0.05, 0) is 55.9 Å². The number of hydrogen-bond donors (Lipinski definition) is 0. The summed E-state index contributed by atoms with van der Waals surface area (Å²) >= 11 is 0. The average Bonchev–Trinajstić information content (AvgIpc) is 3.62. The number of benzene rings is 2. The van der Waals surface area contributed by atoms with Gasteiger partial charge in [0.15, 0.2) is 0 Å². The van der Waals surface area contributed by atoms with Gasteiger partial charge in [-0.1, -0.05) is 40.1 Å². The van der Waals surface area contributed by atoms with E-state index in [1.165, 1.54) is 36.4 Å². The first kappa shape index (κ1) is 27.2. The Morgan fingerprint density at radius 1 is 0.914 bits per heavy atom. The molecule has 0 amide bonds. The highest BCUT2D eigenvalue weighted by molar-refractivity contribution is 8.04. The zero-order chi connectivity index (χ0) is 25.7. The highest BCUT2D eigenvalue weighted by atomic mass is 32.3. The number of carbonyl (C=O) groups excluding carboxylic acids is 1. The fourth-order valence-corrected chi connectivity index (χ4v) is 7.19. The van der Waals surface area contributed by atoms with Gasteiger partial charge >= 0.3 is 12.1 Å². The third-order valence-electron chi connectivity index (χ3n) is 5.56. The molecule has 0 N–H and O–H groups in total. The van der Waals surface area contributed by atoms with Gasteiger partial charge in [0.1, 0.15) is 0 Å². The molecule has 1 atom stereocenters. The van der Waals surface area contributed by atoms with Gasteiger partial charge in [0.05, 0.1) is 22.3 Å². The summed E-state index contributed by atoms with van der Waals surface area (Å²) in [6, 6.07) is 12.8. The van der Waals surface area contributed by atoms with Crippen LogP contribution < -0.4 is 0 Å². The molecule has 2 aromatic carbocycles. The number of rotatable bonds is 12. The fraction of sp³-hybridized carbons (Fsp3) is 0.435. The van der Waals surface area contributed by atoms with Crippen molar-refractivity contribution >= 4 is 26.0 Å². The number of carbonyl (C=O) groups is 1. The molecule has 2 aromatic rings. The molecule has 1 unspecified atom stereocenters. The summed E-state index contributed by atoms with van der Waals surface area (Å²) in [6.07, 6.45) is -3.65. The lowest BCUT2D eigenvalue weighted by atomic mass is 10.0. The van der Waals surface area contributed by atoms with Crippen molar-refractivity contribution in [3.8, 4) is 0 Å². The Bertz CT molecular complexity index is 1130. The SMILES string of the molecule is O=C(CC1CC1)OCCCC(CN(S(=O)(=O)c1ccccc1)S(=O)(=O)c1ccccc1)C(F)(F)F. The van der Waals surface area contributed by atoms with E-state index >= 15 is 0 Å². The number of nitrogens with zero attached hydrogens (tertiary/aromatic N) is 1. The second-order valence-electron chi connectivity index (χ2n) is 8.34. The first-order valence-electron chi connectivity index (χ1n) is 11.0. The van der Waals surface area contributed by atoms with E-state index in [0.29, 0.717) is 0 Å². The van der Waals surface area contributed by atoms with E-state index in [9.17, 15) is 34.8 Å². The lowest BCUT2D eigenvalue weighted by molar-refractivity contribution is -0.177. The van der Waals surface area contributed by atoms with Gasteiger partial charge in [0.25, 0.3) is 20.0 Å². The topological polar surface area (TPSA) is 97.8 Å². The monoisotopic (exact) mass is 533 g/mol. The highest BCUT2D eigenvalue weighted by Crippen LogP contribution is 2.35. The molecule has 3 rings (SSSR count). The van der Waals surface area contributed by atoms with E-state index in [1.54, 1.807) is 0 Å². The number of alkyl halides is 3. The van der Waals surface area contributed by atoms with Gasteiger partial charge in [0, 0.05) is 13.0 Å². The molecule has 0 aliphatic heterocycles. The summed E-state index contributed by atoms with van der Waals surface area (Å²) < 4.78 is 99.6. The standard InChI is InChI=1S/C23H26F3NO6S2/c24-23(25,26)19(8-7-15-33-22(28)16-18-13-14-18)17-27(34(29,30)20-9-3-1-4-10-20)35(31,32)21-11-5-2-6-12-21/h1-6,9-12,18-19H,7-8,13-17H2. The van der Waals surface area contributed by atoms with Crippen LogP contribution in [0.4, 0.5) is 13.2 Å². The summed E-state index contributed by atoms with van der Waals surface area (Å²) in [5.74, 6) is -2.53. The molecule has 1 fully saturated rings. The maximum absolute atomic E-state index is 13.9. The predicted molar refractivity (Wildman–Crippen MR) is 121 cm³/mol. The molecular formula is C23H26F3NO6S2. The number of hydrogen-bond acceptors (Lipinski definition) is 6. The molecule has 1 saturated carbocycles. The largest absolute Gasteiger partial charge is 0.466 e. The smallest absolute Gasteiger partial charge is 0.393 e. The van der Waals surface area contributed by atoms with E-state index in [2.05, 4.69) is 0 Å². The first-order valence-corrected chi connectivity index (χ1v) is 13.9. The van der Waals surface area contributed by atoms with Crippen molar-refractivity contribution in [2.75, 3.05) is 13.2 Å². The molecule has 0 radical (unpaired) electrons. The lowest BCUT2D eigenvalue weighted by Crippen LogP contribution is -2.43. The third-order valence-corrected chi connectivity index (χ3v) is 9.85. The van der Waals surface area contributed by atoms with Crippen LogP contribution in [0.25, 0.3) is 0 Å². The van der Waals surface area contributed by atoms with Crippen LogP contribution in [-0.2, 0) is 29.6 Å². The number of esters is 1. The van der Waals surface area contributed by atoms with Crippen molar-refractivity contribution in [2.45, 2.75) is 48.1 Å². The number of ether oxygens (including phenoxy) is 1. The van der Waals surface area contributed by atoms with E-state index in [1.807, 2.05) is 0 Å². The second-order valence-corrected chi connectivity index (χ2v) is 12.3. The van der Waals surface area contributed by atoms with Crippen LogP contribution in [0.5, 0.6) is 0 Å². The third kappa shape index (κ3) is 7.28. The maximum Gasteiger partial charge on any atom is 0.393 e. The van der Waals surface area contributed by atoms with Gasteiger partial charge in [-0.2, -0.15) is 13.2 Å². The van der Waals surface area contributed by atoms with Gasteiger partial charge in [-0.25, -0.2) is 16.8 Å². The molecule has 192 valence electrons. The number of halogens is 3. The van der Waals surface area contributed by atoms with Crippen LogP contribution in [0.15, 0.2) is 70.5 Å². The van der Waals surface area contributed by atoms with Crippen molar-refractivity contribution in [1.82, 2.24) is 3.71 Å². The molecule has 1 aliphatic carbocycles. The molecule has 0 spiro atoms. The predicted octanol–water partition coefficient (Wildman–Crippen LogP) is 4.37. The maximum atomic E-state index is 13.9. The minimum Gasteiger partial charge on any atom is -0.466 e. The van der Waals surface area contributed by atoms with Crippen LogP contribution >= 0.6 is 0 Å². The molecular weight excluding hydrogens is 507 g/mol. The Morgan fingerprint density at radius 2 is 1.40 bits per heavy atom. The van der Waals surface area contributed by atoms with Crippen LogP contribution in [-0.4, -0.2) is 45.8 Å². The minimum absolute atomic E-state index is 0.0814. The van der Waals surface area contributed by atoms with Gasteiger partial charge < -0.3 is 4.74 Å². The lowest BCUT2D eigenvalue weighted by Gasteiger charge is -2.28. The molecule has 35 heavy (non-hydrogen) atoms. The second kappa shape index (κ2) is 11.1. The highest BCUT2D eigenvalue weighted by Gasteiger charge is 2.46. The molecule has 7 nitrogen and oxygen atoms in total. The number of sulfonamides is 2. The fourth-order valence-electron chi connectivity index (χ4n) is 3.42. The van der Waals surface area contributed by atoms with Crippen LogP contribution in [0.1, 0.15) is 32.1 Å². The molecule has 0 heterocycles. The summed E-state index contributed by atoms with van der Waals surface area (Å²) in [6.45, 7) is -1.61. The van der Waals surface area contributed by atoms with Crippen molar-refractivity contribution in [3.63, 3.8) is 0 Å². The van der Waals surface area contributed by atoms with E-state index < -0.39 is 60.9 Å². The van der Waals surface area contributed by atoms with Crippen molar-refractivity contribution in [3.05, 3.63) is 60.7 Å². The summed E-state index contributed by atoms with van der Waals surface area (Å²) in [7, 11) is -9.71. The Hall–Kier alpha value is -2.44. The van der Waals surface area contributed by atoms with E-state index in [0.717, 1.165) is 37.1 Å². The molecule has 12 heteroatoms. The van der Waals surface area contributed by atoms with Crippen molar-refractivity contribution < 1.29 is 39.5 Å². The van der Waals surface area contributed by atoms with E-state index in [-0.39, 0.29) is 29.1 Å². The molecule has 0 bridgehead atoms. The Labute approximate surface area is 203 Å². The summed E-state index contributed by atoms with van der Waals surface area (Å²) in [5.41, 5.74) is 0. The van der Waals surface area contributed by atoms with Gasteiger partial charge in [-0.3, -0.25) is 4.79 Å². The summed E-state index contributed by atoms with van der Waals surface area (Å²) in [5, 5.41) is 0. The Kier molecular flexibility index (Phi) is 8.60. The molecule has 0 saturated heterocycles. The van der Waals surface area contributed by atoms with Crippen LogP contribution in [0.3, 0.4) is 0 Å². The summed E-state index contributed by atoms with van der Waals surface area (Å²) in [4.78, 5) is 10.8. The first-order chi connectivity index (χ1) is 16.4. The van der Waals surface area contributed by atoms with Crippen LogP contribution in [0.2, 0.25) is 0 Å². The zero-order valence-electron chi connectivity index (χ0n) is 18.7. The van der Waals surface area contributed by atoms with Crippen LogP contribution in [0, 0.1) is 11.8 Å². The zero-order valence-corrected chi connectivity index (χ0v) is 20.4. The average molecular weight is 534 g/mol. The van der Waals surface area contributed by atoms with Gasteiger partial charge in [0.2, 0.25) is 0 Å².